The van der Waals surface area contributed by atoms with Crippen LogP contribution in [0.3, 0.4) is 0 Å². The minimum Gasteiger partial charge on any atom is -0.478 e. The molecule has 0 aromatic carbocycles. The van der Waals surface area contributed by atoms with Crippen molar-refractivity contribution in [1.82, 2.24) is 10.3 Å². The van der Waals surface area contributed by atoms with E-state index in [4.69, 9.17) is 9.84 Å². The second-order valence-corrected chi connectivity index (χ2v) is 8.22. The first-order valence-corrected chi connectivity index (χ1v) is 8.86. The maximum Gasteiger partial charge on any atom is 0.337 e. The van der Waals surface area contributed by atoms with Crippen LogP contribution in [0, 0.1) is 11.3 Å². The number of nitrogens with zero attached hydrogens (tertiary/aromatic N) is 1. The van der Waals surface area contributed by atoms with Crippen LogP contribution in [0.5, 0.6) is 0 Å². The summed E-state index contributed by atoms with van der Waals surface area (Å²) in [6.45, 7) is 6.84. The highest BCUT2D eigenvalue weighted by molar-refractivity contribution is 5.96. The molecule has 0 aliphatic heterocycles. The minimum atomic E-state index is -1.09. The van der Waals surface area contributed by atoms with E-state index in [9.17, 15) is 9.59 Å². The maximum atomic E-state index is 12.3. The van der Waals surface area contributed by atoms with E-state index in [-0.39, 0.29) is 34.2 Å². The Labute approximate surface area is 148 Å². The molecule has 1 heterocycles. The quantitative estimate of drug-likeness (QED) is 0.856. The zero-order chi connectivity index (χ0) is 18.2. The van der Waals surface area contributed by atoms with Gasteiger partial charge in [-0.25, -0.2) is 4.79 Å². The Morgan fingerprint density at radius 2 is 2.00 bits per heavy atom. The van der Waals surface area contributed by atoms with Gasteiger partial charge in [-0.2, -0.15) is 0 Å². The summed E-state index contributed by atoms with van der Waals surface area (Å²) in [4.78, 5) is 27.1. The van der Waals surface area contributed by atoms with Gasteiger partial charge in [-0.3, -0.25) is 9.78 Å². The number of hydrogen-bond donors (Lipinski definition) is 2. The van der Waals surface area contributed by atoms with E-state index in [0.29, 0.717) is 12.5 Å². The number of rotatable bonds is 5. The van der Waals surface area contributed by atoms with Crippen LogP contribution in [0.4, 0.5) is 0 Å². The van der Waals surface area contributed by atoms with Crippen molar-refractivity contribution in [2.45, 2.75) is 58.2 Å². The van der Waals surface area contributed by atoms with Crippen LogP contribution in [0.25, 0.3) is 0 Å². The Balaban J connectivity index is 1.58. The van der Waals surface area contributed by atoms with Crippen LogP contribution in [-0.4, -0.2) is 40.2 Å². The summed E-state index contributed by atoms with van der Waals surface area (Å²) in [5.74, 6) is -0.935. The van der Waals surface area contributed by atoms with Crippen molar-refractivity contribution in [1.29, 1.82) is 0 Å². The predicted molar refractivity (Wildman–Crippen MR) is 92.5 cm³/mol. The van der Waals surface area contributed by atoms with Gasteiger partial charge < -0.3 is 15.2 Å². The summed E-state index contributed by atoms with van der Waals surface area (Å²) in [5.41, 5.74) is 0.362. The number of carbonyl (C=O) groups is 2. The van der Waals surface area contributed by atoms with Gasteiger partial charge in [0.2, 0.25) is 0 Å². The monoisotopic (exact) mass is 346 g/mol. The fourth-order valence-electron chi connectivity index (χ4n) is 4.02. The lowest BCUT2D eigenvalue weighted by Gasteiger charge is -2.62. The Bertz CT molecular complexity index is 676. The van der Waals surface area contributed by atoms with Crippen LogP contribution < -0.4 is 5.32 Å². The van der Waals surface area contributed by atoms with Crippen molar-refractivity contribution in [3.05, 3.63) is 29.6 Å². The number of carboxylic acid groups (broad SMARTS) is 1. The summed E-state index contributed by atoms with van der Waals surface area (Å²) >= 11 is 0. The van der Waals surface area contributed by atoms with E-state index < -0.39 is 5.97 Å². The summed E-state index contributed by atoms with van der Waals surface area (Å²) in [7, 11) is 0. The molecule has 2 atom stereocenters. The number of ether oxygens (including phenoxy) is 1. The molecule has 6 nitrogen and oxygen atoms in total. The van der Waals surface area contributed by atoms with Crippen molar-refractivity contribution in [2.24, 2.45) is 11.3 Å². The van der Waals surface area contributed by atoms with Gasteiger partial charge in [0.15, 0.2) is 0 Å². The smallest absolute Gasteiger partial charge is 0.337 e. The van der Waals surface area contributed by atoms with E-state index >= 15 is 0 Å². The largest absolute Gasteiger partial charge is 0.478 e. The van der Waals surface area contributed by atoms with E-state index in [1.807, 2.05) is 0 Å². The number of carboxylic acids is 1. The number of amides is 1. The van der Waals surface area contributed by atoms with Gasteiger partial charge in [0.05, 0.1) is 22.8 Å². The fourth-order valence-corrected chi connectivity index (χ4v) is 4.02. The van der Waals surface area contributed by atoms with Gasteiger partial charge in [0, 0.05) is 24.4 Å². The topological polar surface area (TPSA) is 88.5 Å². The highest BCUT2D eigenvalue weighted by Crippen LogP contribution is 2.61. The molecule has 1 amide bonds. The molecule has 2 aliphatic carbocycles. The number of aromatic nitrogens is 1. The van der Waals surface area contributed by atoms with Crippen LogP contribution >= 0.6 is 0 Å². The zero-order valence-corrected chi connectivity index (χ0v) is 15.0. The molecule has 1 spiro atoms. The lowest BCUT2D eigenvalue weighted by Crippen LogP contribution is -2.62. The third-order valence-electron chi connectivity index (χ3n) is 5.49. The third kappa shape index (κ3) is 3.54. The van der Waals surface area contributed by atoms with E-state index in [1.165, 1.54) is 24.9 Å². The number of carbonyl (C=O) groups excluding carboxylic acids is 1. The molecule has 2 N–H and O–H groups in total. The van der Waals surface area contributed by atoms with Crippen molar-refractivity contribution in [2.75, 3.05) is 6.54 Å². The van der Waals surface area contributed by atoms with Gasteiger partial charge >= 0.3 is 5.97 Å². The molecule has 0 saturated heterocycles. The molecule has 136 valence electrons. The van der Waals surface area contributed by atoms with Gasteiger partial charge in [-0.05, 0) is 52.0 Å². The molecule has 2 saturated carbocycles. The molecule has 1 aromatic rings. The van der Waals surface area contributed by atoms with Gasteiger partial charge in [-0.1, -0.05) is 6.42 Å². The molecular weight excluding hydrogens is 320 g/mol. The van der Waals surface area contributed by atoms with Crippen molar-refractivity contribution in [3.63, 3.8) is 0 Å². The van der Waals surface area contributed by atoms with Crippen LogP contribution in [0.1, 0.15) is 67.2 Å². The van der Waals surface area contributed by atoms with Gasteiger partial charge in [-0.15, -0.1) is 0 Å². The summed E-state index contributed by atoms with van der Waals surface area (Å²) in [6, 6.07) is 1.36. The summed E-state index contributed by atoms with van der Waals surface area (Å²) in [5, 5.41) is 11.9. The highest BCUT2D eigenvalue weighted by Gasteiger charge is 2.59. The third-order valence-corrected chi connectivity index (χ3v) is 5.49. The lowest BCUT2D eigenvalue weighted by atomic mass is 9.48. The molecule has 1 aromatic heterocycles. The molecule has 25 heavy (non-hydrogen) atoms. The van der Waals surface area contributed by atoms with Crippen molar-refractivity contribution in [3.8, 4) is 0 Å². The zero-order valence-electron chi connectivity index (χ0n) is 15.0. The number of nitrogens with one attached hydrogen (secondary N) is 1. The molecule has 0 bridgehead atoms. The molecule has 0 unspecified atom stereocenters. The van der Waals surface area contributed by atoms with E-state index in [1.54, 1.807) is 0 Å². The van der Waals surface area contributed by atoms with Crippen molar-refractivity contribution >= 4 is 11.9 Å². The number of aromatic carboxylic acids is 1. The summed E-state index contributed by atoms with van der Waals surface area (Å²) < 4.78 is 6.21. The second kappa shape index (κ2) is 6.41. The normalized spacial score (nSPS) is 24.3. The second-order valence-electron chi connectivity index (χ2n) is 8.22. The maximum absolute atomic E-state index is 12.3. The van der Waals surface area contributed by atoms with E-state index in [0.717, 1.165) is 19.3 Å². The number of pyridine rings is 1. The fraction of sp³-hybridized carbons (Fsp3) is 0.632. The van der Waals surface area contributed by atoms with Crippen LogP contribution in [0.2, 0.25) is 0 Å². The standard InChI is InChI=1S/C19H26N2O4/c1-18(2,3)25-15-8-14(19(15)5-4-6-19)11-21-16(22)12-7-13(17(23)24)10-20-9-12/h7,9-10,14-15H,4-6,8,11H2,1-3H3,(H,21,22)(H,23,24)/t14-,15-/m1/s1. The Morgan fingerprint density at radius 1 is 1.32 bits per heavy atom. The molecule has 0 radical (unpaired) electrons. The highest BCUT2D eigenvalue weighted by atomic mass is 16.5. The summed E-state index contributed by atoms with van der Waals surface area (Å²) in [6.07, 6.45) is 7.41. The molecular formula is C19H26N2O4. The average Bonchev–Trinajstić information content (AvgIpc) is 2.47. The number of hydrogen-bond acceptors (Lipinski definition) is 4. The molecule has 2 fully saturated rings. The van der Waals surface area contributed by atoms with Crippen LogP contribution in [0.15, 0.2) is 18.5 Å². The predicted octanol–water partition coefficient (Wildman–Crippen LogP) is 2.88. The first-order valence-electron chi connectivity index (χ1n) is 8.86. The Hall–Kier alpha value is -1.95. The SMILES string of the molecule is CC(C)(C)O[C@@H]1C[C@H](CNC(=O)c2cncc(C(=O)O)c2)C12CCC2. The van der Waals surface area contributed by atoms with E-state index in [2.05, 4.69) is 31.1 Å². The Kier molecular flexibility index (Phi) is 4.58. The van der Waals surface area contributed by atoms with Gasteiger partial charge in [0.25, 0.3) is 5.91 Å². The first kappa shape index (κ1) is 17.9. The minimum absolute atomic E-state index is 0.0189. The van der Waals surface area contributed by atoms with Crippen molar-refractivity contribution < 1.29 is 19.4 Å². The average molecular weight is 346 g/mol. The molecule has 3 rings (SSSR count). The molecule has 2 aliphatic rings. The lowest BCUT2D eigenvalue weighted by molar-refractivity contribution is -0.230. The van der Waals surface area contributed by atoms with Crippen LogP contribution in [-0.2, 0) is 4.74 Å². The van der Waals surface area contributed by atoms with Gasteiger partial charge in [0.1, 0.15) is 0 Å². The Morgan fingerprint density at radius 3 is 2.56 bits per heavy atom. The first-order chi connectivity index (χ1) is 11.7. The molecule has 6 heteroatoms.